The van der Waals surface area contributed by atoms with Crippen molar-refractivity contribution in [1.82, 2.24) is 0 Å². The summed E-state index contributed by atoms with van der Waals surface area (Å²) in [4.78, 5) is 22.3. The summed E-state index contributed by atoms with van der Waals surface area (Å²) in [5.74, 6) is -0.964. The Morgan fingerprint density at radius 3 is 2.00 bits per heavy atom. The van der Waals surface area contributed by atoms with Crippen LogP contribution in [0.25, 0.3) is 0 Å². The van der Waals surface area contributed by atoms with E-state index in [9.17, 15) is 9.59 Å². The van der Waals surface area contributed by atoms with E-state index in [0.717, 1.165) is 5.56 Å². The van der Waals surface area contributed by atoms with Crippen LogP contribution in [0.1, 0.15) is 19.4 Å². The van der Waals surface area contributed by atoms with Crippen molar-refractivity contribution < 1.29 is 23.8 Å². The molecule has 5 nitrogen and oxygen atoms in total. The summed E-state index contributed by atoms with van der Waals surface area (Å²) in [6.45, 7) is 3.50. The van der Waals surface area contributed by atoms with Crippen molar-refractivity contribution in [2.75, 3.05) is 6.61 Å². The zero-order valence-corrected chi connectivity index (χ0v) is 12.7. The molecule has 118 valence electrons. The van der Waals surface area contributed by atoms with Gasteiger partial charge in [-0.25, -0.2) is 0 Å². The molecule has 0 saturated heterocycles. The third-order valence-electron chi connectivity index (χ3n) is 3.36. The van der Waals surface area contributed by atoms with Gasteiger partial charge in [0.15, 0.2) is 0 Å². The highest BCUT2D eigenvalue weighted by Crippen LogP contribution is 2.26. The van der Waals surface area contributed by atoms with Crippen LogP contribution in [0.3, 0.4) is 0 Å². The van der Waals surface area contributed by atoms with Crippen molar-refractivity contribution in [3.05, 3.63) is 48.0 Å². The van der Waals surface area contributed by atoms with E-state index >= 15 is 0 Å². The molecule has 1 aromatic carbocycles. The van der Waals surface area contributed by atoms with Crippen molar-refractivity contribution in [3.8, 4) is 0 Å². The van der Waals surface area contributed by atoms with Gasteiger partial charge in [0.05, 0.1) is 19.1 Å². The minimum atomic E-state index is -0.433. The maximum atomic E-state index is 11.2. The highest BCUT2D eigenvalue weighted by molar-refractivity contribution is 5.67. The zero-order valence-electron chi connectivity index (χ0n) is 12.7. The molecule has 1 aliphatic rings. The van der Waals surface area contributed by atoms with Gasteiger partial charge in [0.1, 0.15) is 12.2 Å². The minimum Gasteiger partial charge on any atom is -0.458 e. The van der Waals surface area contributed by atoms with Gasteiger partial charge in [-0.2, -0.15) is 0 Å². The summed E-state index contributed by atoms with van der Waals surface area (Å²) in [7, 11) is 0. The summed E-state index contributed by atoms with van der Waals surface area (Å²) in [6, 6.07) is 9.77. The minimum absolute atomic E-state index is 0.225. The second-order valence-electron chi connectivity index (χ2n) is 5.20. The smallest absolute Gasteiger partial charge is 0.303 e. The molecule has 0 aliphatic heterocycles. The quantitative estimate of drug-likeness (QED) is 0.596. The van der Waals surface area contributed by atoms with E-state index in [-0.39, 0.29) is 17.9 Å². The molecule has 0 spiro atoms. The van der Waals surface area contributed by atoms with Crippen molar-refractivity contribution in [1.29, 1.82) is 0 Å². The summed E-state index contributed by atoms with van der Waals surface area (Å²) in [5.41, 5.74) is 1.06. The van der Waals surface area contributed by atoms with E-state index in [1.54, 1.807) is 12.2 Å². The van der Waals surface area contributed by atoms with Crippen LogP contribution in [0.5, 0.6) is 0 Å². The molecule has 1 aromatic rings. The Hall–Kier alpha value is -2.14. The van der Waals surface area contributed by atoms with Crippen LogP contribution in [0.2, 0.25) is 0 Å². The molecule has 0 bridgehead atoms. The Balaban J connectivity index is 1.92. The molecule has 1 aliphatic carbocycles. The lowest BCUT2D eigenvalue weighted by Gasteiger charge is -2.24. The van der Waals surface area contributed by atoms with Gasteiger partial charge < -0.3 is 14.2 Å². The summed E-state index contributed by atoms with van der Waals surface area (Å²) >= 11 is 0. The molecular weight excluding hydrogens is 284 g/mol. The van der Waals surface area contributed by atoms with Gasteiger partial charge in [-0.05, 0) is 17.7 Å². The largest absolute Gasteiger partial charge is 0.458 e. The molecule has 0 amide bonds. The average Bonchev–Trinajstić information content (AvgIpc) is 2.81. The maximum absolute atomic E-state index is 11.2. The molecule has 0 fully saturated rings. The Bertz CT molecular complexity index is 511. The van der Waals surface area contributed by atoms with Gasteiger partial charge in [-0.1, -0.05) is 30.3 Å². The number of esters is 2. The van der Waals surface area contributed by atoms with Crippen LogP contribution in [0, 0.1) is 5.92 Å². The Labute approximate surface area is 129 Å². The second-order valence-corrected chi connectivity index (χ2v) is 5.20. The lowest BCUT2D eigenvalue weighted by atomic mass is 10.0. The lowest BCUT2D eigenvalue weighted by Crippen LogP contribution is -2.34. The molecule has 3 atom stereocenters. The fourth-order valence-corrected chi connectivity index (χ4v) is 2.40. The van der Waals surface area contributed by atoms with Crippen molar-refractivity contribution in [3.63, 3.8) is 0 Å². The summed E-state index contributed by atoms with van der Waals surface area (Å²) in [5, 5.41) is 0. The van der Waals surface area contributed by atoms with Gasteiger partial charge in [0.2, 0.25) is 0 Å². The van der Waals surface area contributed by atoms with E-state index in [0.29, 0.717) is 13.2 Å². The van der Waals surface area contributed by atoms with Gasteiger partial charge in [-0.15, -0.1) is 0 Å². The third-order valence-corrected chi connectivity index (χ3v) is 3.36. The summed E-state index contributed by atoms with van der Waals surface area (Å²) < 4.78 is 16.2. The molecule has 0 radical (unpaired) electrons. The average molecular weight is 304 g/mol. The second kappa shape index (κ2) is 7.75. The van der Waals surface area contributed by atoms with Gasteiger partial charge in [0.25, 0.3) is 0 Å². The highest BCUT2D eigenvalue weighted by Gasteiger charge is 2.36. The first kappa shape index (κ1) is 16.2. The van der Waals surface area contributed by atoms with Crippen LogP contribution in [0.4, 0.5) is 0 Å². The van der Waals surface area contributed by atoms with Crippen LogP contribution in [-0.4, -0.2) is 30.8 Å². The number of carbonyl (C=O) groups is 2. The molecule has 0 heterocycles. The topological polar surface area (TPSA) is 61.8 Å². The van der Waals surface area contributed by atoms with Crippen LogP contribution >= 0.6 is 0 Å². The fraction of sp³-hybridized carbons (Fsp3) is 0.412. The predicted molar refractivity (Wildman–Crippen MR) is 79.8 cm³/mol. The Kier molecular flexibility index (Phi) is 5.72. The number of hydrogen-bond acceptors (Lipinski definition) is 5. The zero-order chi connectivity index (χ0) is 15.9. The fourth-order valence-electron chi connectivity index (χ4n) is 2.40. The molecule has 0 saturated carbocycles. The van der Waals surface area contributed by atoms with Crippen molar-refractivity contribution in [2.24, 2.45) is 5.92 Å². The standard InChI is InChI=1S/C17H20O5/c1-12(18)21-16-8-9-17(22-13(2)19)15(16)11-20-10-14-6-4-3-5-7-14/h3-9,15-17H,10-11H2,1-2H3/t15?,16-,17+. The van der Waals surface area contributed by atoms with E-state index in [4.69, 9.17) is 14.2 Å². The normalized spacial score (nSPS) is 23.3. The molecule has 2 rings (SSSR count). The van der Waals surface area contributed by atoms with E-state index in [1.807, 2.05) is 30.3 Å². The van der Waals surface area contributed by atoms with Gasteiger partial charge in [-0.3, -0.25) is 9.59 Å². The Morgan fingerprint density at radius 1 is 0.955 bits per heavy atom. The lowest BCUT2D eigenvalue weighted by molar-refractivity contribution is -0.154. The van der Waals surface area contributed by atoms with Crippen molar-refractivity contribution in [2.45, 2.75) is 32.7 Å². The van der Waals surface area contributed by atoms with Crippen molar-refractivity contribution >= 4 is 11.9 Å². The van der Waals surface area contributed by atoms with Crippen LogP contribution < -0.4 is 0 Å². The SMILES string of the molecule is CC(=O)O[C@H]1C=C[C@@H](OC(C)=O)C1COCc1ccccc1. The number of rotatable bonds is 6. The monoisotopic (exact) mass is 304 g/mol. The van der Waals surface area contributed by atoms with Gasteiger partial charge in [0, 0.05) is 13.8 Å². The molecule has 0 aromatic heterocycles. The first-order valence-electron chi connectivity index (χ1n) is 7.20. The summed E-state index contributed by atoms with van der Waals surface area (Å²) in [6.07, 6.45) is 2.62. The number of carbonyl (C=O) groups excluding carboxylic acids is 2. The molecule has 22 heavy (non-hydrogen) atoms. The number of benzene rings is 1. The first-order chi connectivity index (χ1) is 10.6. The predicted octanol–water partition coefficient (Wildman–Crippen LogP) is 2.25. The van der Waals surface area contributed by atoms with Crippen LogP contribution in [-0.2, 0) is 30.4 Å². The first-order valence-corrected chi connectivity index (χ1v) is 7.20. The number of hydrogen-bond donors (Lipinski definition) is 0. The van der Waals surface area contributed by atoms with E-state index in [2.05, 4.69) is 0 Å². The molecular formula is C17H20O5. The van der Waals surface area contributed by atoms with Crippen LogP contribution in [0.15, 0.2) is 42.5 Å². The van der Waals surface area contributed by atoms with Gasteiger partial charge >= 0.3 is 11.9 Å². The number of ether oxygens (including phenoxy) is 3. The molecule has 0 N–H and O–H groups in total. The molecule has 1 unspecified atom stereocenters. The Morgan fingerprint density at radius 2 is 1.50 bits per heavy atom. The van der Waals surface area contributed by atoms with E-state index < -0.39 is 12.2 Å². The maximum Gasteiger partial charge on any atom is 0.303 e. The van der Waals surface area contributed by atoms with E-state index in [1.165, 1.54) is 13.8 Å². The molecule has 5 heteroatoms. The highest BCUT2D eigenvalue weighted by atomic mass is 16.6. The third kappa shape index (κ3) is 4.70.